The van der Waals surface area contributed by atoms with Gasteiger partial charge in [-0.25, -0.2) is 4.39 Å². The van der Waals surface area contributed by atoms with Gasteiger partial charge in [0.1, 0.15) is 5.82 Å². The van der Waals surface area contributed by atoms with Crippen LogP contribution >= 0.6 is 15.9 Å². The lowest BCUT2D eigenvalue weighted by Crippen LogP contribution is -2.37. The van der Waals surface area contributed by atoms with E-state index in [0.717, 1.165) is 18.4 Å². The van der Waals surface area contributed by atoms with Crippen molar-refractivity contribution >= 4 is 15.9 Å². The first-order valence-corrected chi connectivity index (χ1v) is 6.61. The maximum absolute atomic E-state index is 13.2. The standard InChI is InChI=1S/C13H19BrFNO/c1-3-6-13(2,17)9-16-8-10-4-5-11(14)12(15)7-10/h4-5,7,16-17H,3,6,8-9H2,1-2H3. The van der Waals surface area contributed by atoms with E-state index in [9.17, 15) is 9.50 Å². The van der Waals surface area contributed by atoms with Gasteiger partial charge in [-0.05, 0) is 47.0 Å². The Morgan fingerprint density at radius 1 is 1.47 bits per heavy atom. The number of nitrogens with one attached hydrogen (secondary N) is 1. The number of aliphatic hydroxyl groups is 1. The first kappa shape index (κ1) is 14.6. The fourth-order valence-corrected chi connectivity index (χ4v) is 2.00. The van der Waals surface area contributed by atoms with Crippen molar-refractivity contribution in [2.75, 3.05) is 6.54 Å². The minimum Gasteiger partial charge on any atom is -0.389 e. The molecule has 2 nitrogen and oxygen atoms in total. The van der Waals surface area contributed by atoms with Gasteiger partial charge in [0, 0.05) is 13.1 Å². The number of rotatable bonds is 6. The van der Waals surface area contributed by atoms with E-state index in [0.29, 0.717) is 17.6 Å². The van der Waals surface area contributed by atoms with E-state index in [1.54, 1.807) is 6.07 Å². The molecule has 0 bridgehead atoms. The van der Waals surface area contributed by atoms with E-state index in [2.05, 4.69) is 21.2 Å². The molecule has 0 aliphatic rings. The van der Waals surface area contributed by atoms with Crippen molar-refractivity contribution in [3.05, 3.63) is 34.1 Å². The maximum Gasteiger partial charge on any atom is 0.137 e. The molecule has 2 N–H and O–H groups in total. The molecule has 0 aliphatic carbocycles. The van der Waals surface area contributed by atoms with E-state index >= 15 is 0 Å². The quantitative estimate of drug-likeness (QED) is 0.846. The Balaban J connectivity index is 2.43. The summed E-state index contributed by atoms with van der Waals surface area (Å²) in [6, 6.07) is 5.04. The highest BCUT2D eigenvalue weighted by atomic mass is 79.9. The topological polar surface area (TPSA) is 32.3 Å². The average Bonchev–Trinajstić information content (AvgIpc) is 2.23. The third-order valence-electron chi connectivity index (χ3n) is 2.61. The lowest BCUT2D eigenvalue weighted by Gasteiger charge is -2.23. The van der Waals surface area contributed by atoms with Crippen LogP contribution < -0.4 is 5.32 Å². The van der Waals surface area contributed by atoms with Crippen molar-refractivity contribution in [1.82, 2.24) is 5.32 Å². The minimum absolute atomic E-state index is 0.260. The fraction of sp³-hybridized carbons (Fsp3) is 0.538. The molecule has 1 rings (SSSR count). The molecule has 1 atom stereocenters. The molecule has 0 radical (unpaired) electrons. The summed E-state index contributed by atoms with van der Waals surface area (Å²) in [7, 11) is 0. The van der Waals surface area contributed by atoms with Gasteiger partial charge in [0.25, 0.3) is 0 Å². The summed E-state index contributed by atoms with van der Waals surface area (Å²) in [5.74, 6) is -0.260. The Kier molecular flexibility index (Phi) is 5.56. The molecule has 0 amide bonds. The van der Waals surface area contributed by atoms with E-state index in [1.165, 1.54) is 6.07 Å². The second-order valence-corrected chi connectivity index (χ2v) is 5.45. The number of hydrogen-bond acceptors (Lipinski definition) is 2. The zero-order chi connectivity index (χ0) is 12.9. The molecular weight excluding hydrogens is 285 g/mol. The summed E-state index contributed by atoms with van der Waals surface area (Å²) in [6.45, 7) is 4.92. The Hall–Kier alpha value is -0.450. The van der Waals surface area contributed by atoms with E-state index < -0.39 is 5.60 Å². The van der Waals surface area contributed by atoms with Crippen molar-refractivity contribution in [1.29, 1.82) is 0 Å². The third kappa shape index (κ3) is 5.15. The van der Waals surface area contributed by atoms with Gasteiger partial charge in [-0.15, -0.1) is 0 Å². The molecule has 0 saturated carbocycles. The first-order valence-electron chi connectivity index (χ1n) is 5.81. The van der Waals surface area contributed by atoms with Gasteiger partial charge >= 0.3 is 0 Å². The highest BCUT2D eigenvalue weighted by Gasteiger charge is 2.17. The summed E-state index contributed by atoms with van der Waals surface area (Å²) in [6.07, 6.45) is 1.70. The Labute approximate surface area is 110 Å². The van der Waals surface area contributed by atoms with Crippen molar-refractivity contribution in [2.24, 2.45) is 0 Å². The molecule has 1 aromatic rings. The molecule has 17 heavy (non-hydrogen) atoms. The van der Waals surface area contributed by atoms with Gasteiger partial charge in [0.15, 0.2) is 0 Å². The molecule has 0 saturated heterocycles. The van der Waals surface area contributed by atoms with Crippen LogP contribution in [0, 0.1) is 5.82 Å². The van der Waals surface area contributed by atoms with Crippen molar-refractivity contribution in [3.8, 4) is 0 Å². The zero-order valence-corrected chi connectivity index (χ0v) is 11.8. The molecule has 1 unspecified atom stereocenters. The van der Waals surface area contributed by atoms with Crippen molar-refractivity contribution in [3.63, 3.8) is 0 Å². The van der Waals surface area contributed by atoms with Crippen molar-refractivity contribution in [2.45, 2.75) is 38.8 Å². The van der Waals surface area contributed by atoms with E-state index in [4.69, 9.17) is 0 Å². The van der Waals surface area contributed by atoms with Crippen LogP contribution in [0.15, 0.2) is 22.7 Å². The number of hydrogen-bond donors (Lipinski definition) is 2. The number of benzene rings is 1. The predicted molar refractivity (Wildman–Crippen MR) is 71.3 cm³/mol. The predicted octanol–water partition coefficient (Wildman–Crippen LogP) is 3.23. The Bertz CT molecular complexity index is 368. The van der Waals surface area contributed by atoms with Crippen LogP contribution in [0.4, 0.5) is 4.39 Å². The summed E-state index contributed by atoms with van der Waals surface area (Å²) in [5, 5.41) is 13.1. The summed E-state index contributed by atoms with van der Waals surface area (Å²) in [4.78, 5) is 0. The molecule has 0 fully saturated rings. The van der Waals surface area contributed by atoms with Crippen LogP contribution in [-0.2, 0) is 6.54 Å². The van der Waals surface area contributed by atoms with Crippen LogP contribution in [-0.4, -0.2) is 17.3 Å². The largest absolute Gasteiger partial charge is 0.389 e. The molecule has 0 heterocycles. The molecule has 1 aromatic carbocycles. The van der Waals surface area contributed by atoms with Crippen LogP contribution in [0.25, 0.3) is 0 Å². The lowest BCUT2D eigenvalue weighted by atomic mass is 10.0. The summed E-state index contributed by atoms with van der Waals surface area (Å²) in [5.41, 5.74) is 0.181. The molecular formula is C13H19BrFNO. The highest BCUT2D eigenvalue weighted by Crippen LogP contribution is 2.16. The zero-order valence-electron chi connectivity index (χ0n) is 10.3. The molecule has 0 aromatic heterocycles. The fourth-order valence-electron chi connectivity index (χ4n) is 1.75. The highest BCUT2D eigenvalue weighted by molar-refractivity contribution is 9.10. The van der Waals surface area contributed by atoms with Crippen LogP contribution in [0.1, 0.15) is 32.3 Å². The first-order chi connectivity index (χ1) is 7.94. The third-order valence-corrected chi connectivity index (χ3v) is 3.25. The van der Waals surface area contributed by atoms with E-state index in [1.807, 2.05) is 19.9 Å². The summed E-state index contributed by atoms with van der Waals surface area (Å²) < 4.78 is 13.7. The van der Waals surface area contributed by atoms with Crippen molar-refractivity contribution < 1.29 is 9.50 Å². The molecule has 4 heteroatoms. The molecule has 96 valence electrons. The SMILES string of the molecule is CCCC(C)(O)CNCc1ccc(Br)c(F)c1. The second kappa shape index (κ2) is 6.47. The van der Waals surface area contributed by atoms with Crippen LogP contribution in [0.2, 0.25) is 0 Å². The Morgan fingerprint density at radius 2 is 2.18 bits per heavy atom. The smallest absolute Gasteiger partial charge is 0.137 e. The van der Waals surface area contributed by atoms with Gasteiger partial charge in [-0.2, -0.15) is 0 Å². The maximum atomic E-state index is 13.2. The van der Waals surface area contributed by atoms with E-state index in [-0.39, 0.29) is 5.82 Å². The van der Waals surface area contributed by atoms with Gasteiger partial charge in [-0.3, -0.25) is 0 Å². The van der Waals surface area contributed by atoms with Gasteiger partial charge < -0.3 is 10.4 Å². The minimum atomic E-state index is -0.692. The van der Waals surface area contributed by atoms with Gasteiger partial charge in [0.2, 0.25) is 0 Å². The summed E-state index contributed by atoms with van der Waals surface area (Å²) >= 11 is 3.11. The lowest BCUT2D eigenvalue weighted by molar-refractivity contribution is 0.0498. The Morgan fingerprint density at radius 3 is 2.76 bits per heavy atom. The van der Waals surface area contributed by atoms with Crippen LogP contribution in [0.5, 0.6) is 0 Å². The van der Waals surface area contributed by atoms with Gasteiger partial charge in [-0.1, -0.05) is 19.4 Å². The monoisotopic (exact) mass is 303 g/mol. The normalized spacial score (nSPS) is 14.6. The molecule has 0 aliphatic heterocycles. The average molecular weight is 304 g/mol. The van der Waals surface area contributed by atoms with Crippen LogP contribution in [0.3, 0.4) is 0 Å². The van der Waals surface area contributed by atoms with Gasteiger partial charge in [0.05, 0.1) is 10.1 Å². The molecule has 0 spiro atoms. The number of halogens is 2. The second-order valence-electron chi connectivity index (χ2n) is 4.60.